The predicted octanol–water partition coefficient (Wildman–Crippen LogP) is 3.77. The second-order valence-electron chi connectivity index (χ2n) is 5.25. The van der Waals surface area contributed by atoms with Crippen molar-refractivity contribution in [2.24, 2.45) is 10.9 Å². The van der Waals surface area contributed by atoms with Crippen molar-refractivity contribution in [2.75, 3.05) is 18.8 Å². The van der Waals surface area contributed by atoms with E-state index in [1.165, 1.54) is 43.0 Å². The van der Waals surface area contributed by atoms with Crippen LogP contribution in [0.25, 0.3) is 0 Å². The van der Waals surface area contributed by atoms with E-state index in [0.717, 1.165) is 29.5 Å². The quantitative estimate of drug-likeness (QED) is 0.832. The average Bonchev–Trinajstić information content (AvgIpc) is 2.88. The molecule has 104 valence electrons. The zero-order chi connectivity index (χ0) is 12.8. The Hall–Kier alpha value is 0.170. The number of thioether (sulfide) groups is 2. The van der Waals surface area contributed by atoms with Crippen molar-refractivity contribution < 1.29 is 0 Å². The molecule has 0 radical (unpaired) electrons. The van der Waals surface area contributed by atoms with E-state index in [1.807, 2.05) is 11.8 Å². The topological polar surface area (TPSA) is 24.4 Å². The molecule has 2 atom stereocenters. The van der Waals surface area contributed by atoms with Crippen LogP contribution in [-0.4, -0.2) is 34.5 Å². The van der Waals surface area contributed by atoms with Crippen molar-refractivity contribution in [3.8, 4) is 0 Å². The standard InChI is InChI=1S/C14H26N2S2/c1-3-11(4-2)13-10-16-14(18-13)15-9-12-7-5-6-8-17-12/h11-13H,3-10H2,1-2H3,(H,15,16). The number of nitrogens with one attached hydrogen (secondary N) is 1. The third-order valence-electron chi connectivity index (χ3n) is 4.01. The molecule has 0 aliphatic carbocycles. The molecule has 2 rings (SSSR count). The summed E-state index contributed by atoms with van der Waals surface area (Å²) in [4.78, 5) is 4.68. The van der Waals surface area contributed by atoms with Gasteiger partial charge in [0.25, 0.3) is 0 Å². The fraction of sp³-hybridized carbons (Fsp3) is 0.929. The summed E-state index contributed by atoms with van der Waals surface area (Å²) >= 11 is 4.12. The first-order valence-corrected chi connectivity index (χ1v) is 9.32. The third-order valence-corrected chi connectivity index (χ3v) is 6.74. The zero-order valence-corrected chi connectivity index (χ0v) is 13.3. The van der Waals surface area contributed by atoms with Gasteiger partial charge in [0.2, 0.25) is 0 Å². The van der Waals surface area contributed by atoms with Crippen LogP contribution in [0.1, 0.15) is 46.0 Å². The number of hydrogen-bond acceptors (Lipinski definition) is 4. The van der Waals surface area contributed by atoms with E-state index in [4.69, 9.17) is 0 Å². The summed E-state index contributed by atoms with van der Waals surface area (Å²) in [7, 11) is 0. The molecule has 0 saturated carbocycles. The molecule has 0 aromatic carbocycles. The lowest BCUT2D eigenvalue weighted by atomic mass is 9.99. The first-order valence-electron chi connectivity index (χ1n) is 7.40. The summed E-state index contributed by atoms with van der Waals surface area (Å²) in [5.74, 6) is 2.18. The predicted molar refractivity (Wildman–Crippen MR) is 85.9 cm³/mol. The van der Waals surface area contributed by atoms with Gasteiger partial charge in [-0.05, 0) is 24.5 Å². The Kier molecular flexibility index (Phi) is 6.22. The van der Waals surface area contributed by atoms with Crippen molar-refractivity contribution in [1.82, 2.24) is 5.32 Å². The normalized spacial score (nSPS) is 28.5. The van der Waals surface area contributed by atoms with Gasteiger partial charge in [-0.2, -0.15) is 11.8 Å². The van der Waals surface area contributed by atoms with Gasteiger partial charge in [0.15, 0.2) is 5.17 Å². The van der Waals surface area contributed by atoms with E-state index < -0.39 is 0 Å². The summed E-state index contributed by atoms with van der Waals surface area (Å²) in [6.07, 6.45) is 6.78. The molecule has 2 aliphatic rings. The van der Waals surface area contributed by atoms with Crippen LogP contribution in [0, 0.1) is 5.92 Å². The molecule has 1 N–H and O–H groups in total. The van der Waals surface area contributed by atoms with Gasteiger partial charge in [-0.1, -0.05) is 44.9 Å². The van der Waals surface area contributed by atoms with Crippen molar-refractivity contribution in [2.45, 2.75) is 56.5 Å². The molecule has 4 heteroatoms. The Morgan fingerprint density at radius 3 is 2.83 bits per heavy atom. The van der Waals surface area contributed by atoms with Crippen molar-refractivity contribution in [3.05, 3.63) is 0 Å². The van der Waals surface area contributed by atoms with Crippen LogP contribution in [0.4, 0.5) is 0 Å². The maximum atomic E-state index is 4.68. The molecule has 0 bridgehead atoms. The highest BCUT2D eigenvalue weighted by Crippen LogP contribution is 2.30. The molecule has 2 heterocycles. The van der Waals surface area contributed by atoms with Crippen molar-refractivity contribution in [1.29, 1.82) is 0 Å². The molecular weight excluding hydrogens is 260 g/mol. The molecule has 0 amide bonds. The summed E-state index contributed by atoms with van der Waals surface area (Å²) in [5, 5.41) is 6.32. The van der Waals surface area contributed by atoms with Gasteiger partial charge >= 0.3 is 0 Å². The molecular formula is C14H26N2S2. The fourth-order valence-corrected chi connectivity index (χ4v) is 5.29. The second-order valence-corrected chi connectivity index (χ2v) is 7.88. The third kappa shape index (κ3) is 4.09. The van der Waals surface area contributed by atoms with Gasteiger partial charge in [-0.3, -0.25) is 4.99 Å². The van der Waals surface area contributed by atoms with Crippen LogP contribution in [0.15, 0.2) is 4.99 Å². The largest absolute Gasteiger partial charge is 0.364 e. The van der Waals surface area contributed by atoms with Gasteiger partial charge < -0.3 is 5.32 Å². The Morgan fingerprint density at radius 1 is 1.33 bits per heavy atom. The summed E-state index contributed by atoms with van der Waals surface area (Å²) in [5.41, 5.74) is 0. The lowest BCUT2D eigenvalue weighted by Crippen LogP contribution is -2.30. The molecule has 2 aliphatic heterocycles. The summed E-state index contributed by atoms with van der Waals surface area (Å²) < 4.78 is 0. The van der Waals surface area contributed by atoms with Crippen molar-refractivity contribution in [3.63, 3.8) is 0 Å². The van der Waals surface area contributed by atoms with Crippen LogP contribution < -0.4 is 5.32 Å². The monoisotopic (exact) mass is 286 g/mol. The van der Waals surface area contributed by atoms with Crippen LogP contribution in [0.3, 0.4) is 0 Å². The van der Waals surface area contributed by atoms with E-state index in [-0.39, 0.29) is 0 Å². The molecule has 0 spiro atoms. The van der Waals surface area contributed by atoms with Gasteiger partial charge in [-0.15, -0.1) is 0 Å². The fourth-order valence-electron chi connectivity index (χ4n) is 2.72. The highest BCUT2D eigenvalue weighted by molar-refractivity contribution is 8.14. The molecule has 0 aromatic heterocycles. The maximum absolute atomic E-state index is 4.68. The summed E-state index contributed by atoms with van der Waals surface area (Å²) in [6.45, 7) is 6.75. The average molecular weight is 287 g/mol. The smallest absolute Gasteiger partial charge is 0.156 e. The number of aliphatic imine (C=N–C) groups is 1. The molecule has 0 aromatic rings. The van der Waals surface area contributed by atoms with E-state index in [9.17, 15) is 0 Å². The maximum Gasteiger partial charge on any atom is 0.156 e. The number of hydrogen-bond donors (Lipinski definition) is 1. The van der Waals surface area contributed by atoms with Gasteiger partial charge in [0.1, 0.15) is 0 Å². The Balaban J connectivity index is 1.68. The van der Waals surface area contributed by atoms with Crippen LogP contribution >= 0.6 is 23.5 Å². The Morgan fingerprint density at radius 2 is 2.17 bits per heavy atom. The highest BCUT2D eigenvalue weighted by Gasteiger charge is 2.26. The van der Waals surface area contributed by atoms with Gasteiger partial charge in [-0.25, -0.2) is 0 Å². The Bertz CT molecular complexity index is 271. The van der Waals surface area contributed by atoms with E-state index in [2.05, 4.69) is 35.9 Å². The minimum Gasteiger partial charge on any atom is -0.364 e. The lowest BCUT2D eigenvalue weighted by molar-refractivity contribution is 0.479. The second kappa shape index (κ2) is 7.68. The van der Waals surface area contributed by atoms with Crippen molar-refractivity contribution >= 4 is 28.7 Å². The summed E-state index contributed by atoms with van der Waals surface area (Å²) in [6, 6.07) is 0. The number of rotatable bonds is 5. The van der Waals surface area contributed by atoms with Crippen LogP contribution in [0.5, 0.6) is 0 Å². The molecule has 1 fully saturated rings. The van der Waals surface area contributed by atoms with E-state index >= 15 is 0 Å². The SMILES string of the molecule is CCC(CC)C1CN=C(NCC2CCCCS2)S1. The molecule has 1 saturated heterocycles. The number of nitrogens with zero attached hydrogens (tertiary/aromatic N) is 1. The lowest BCUT2D eigenvalue weighted by Gasteiger charge is -2.22. The van der Waals surface area contributed by atoms with Crippen LogP contribution in [-0.2, 0) is 0 Å². The Labute approximate surface area is 120 Å². The van der Waals surface area contributed by atoms with E-state index in [0.29, 0.717) is 0 Å². The minimum absolute atomic E-state index is 0.724. The first-order chi connectivity index (χ1) is 8.83. The molecule has 2 nitrogen and oxygen atoms in total. The van der Waals surface area contributed by atoms with Gasteiger partial charge in [0, 0.05) is 17.0 Å². The molecule has 2 unspecified atom stereocenters. The van der Waals surface area contributed by atoms with Gasteiger partial charge in [0.05, 0.1) is 6.54 Å². The number of amidine groups is 1. The zero-order valence-electron chi connectivity index (χ0n) is 11.7. The minimum atomic E-state index is 0.724. The highest BCUT2D eigenvalue weighted by atomic mass is 32.2. The molecule has 18 heavy (non-hydrogen) atoms. The van der Waals surface area contributed by atoms with E-state index in [1.54, 1.807) is 0 Å². The first kappa shape index (κ1) is 14.6. The van der Waals surface area contributed by atoms with Crippen LogP contribution in [0.2, 0.25) is 0 Å².